The Morgan fingerprint density at radius 3 is 0.583 bits per heavy atom. The van der Waals surface area contributed by atoms with E-state index >= 15 is 0 Å². The van der Waals surface area contributed by atoms with Crippen molar-refractivity contribution >= 4 is 43.6 Å². The molecular formula is C71H29N13. The molecule has 0 aliphatic carbocycles. The number of aromatic nitrogens is 2. The maximum absolute atomic E-state index is 11.4. The molecule has 0 aliphatic rings. The number of fused-ring (bicyclic) bond motifs is 6. The monoisotopic (exact) mass is 1060 g/mol. The molecule has 0 N–H and O–H groups in total. The molecule has 0 unspecified atom stereocenters. The van der Waals surface area contributed by atoms with Gasteiger partial charge in [-0.15, -0.1) is 0 Å². The Labute approximate surface area is 479 Å². The third-order valence-corrected chi connectivity index (χ3v) is 14.8. The van der Waals surface area contributed by atoms with Gasteiger partial charge in [0, 0.05) is 27.1 Å². The van der Waals surface area contributed by atoms with Gasteiger partial charge in [-0.3, -0.25) is 0 Å². The Balaban J connectivity index is 1.28. The highest BCUT2D eigenvalue weighted by Gasteiger charge is 2.26. The van der Waals surface area contributed by atoms with Crippen molar-refractivity contribution in [3.8, 4) is 134 Å². The standard InChI is InChI=1S/C71H29N13/c72-30-41-9-42(31-73)15-56(14-41)52-1-5-61-62-6-2-53(57-16-43(32-74)10-44(17-57)33-75)27-66(62)83(65(61)26-52)69-24-51(40-82)25-70(71(69)60-22-49(38-80)13-50(23-60)39-81)84-67-28-54(58-18-45(34-76)11-46(19-58)35-77)3-7-63(67)64-8-4-55(29-68(64)84)59-20-47(36-78)12-48(21-59)37-79/h1-29H. The highest BCUT2D eigenvalue weighted by Crippen LogP contribution is 2.46. The fourth-order valence-corrected chi connectivity index (χ4v) is 11.2. The van der Waals surface area contributed by atoms with Crippen molar-refractivity contribution in [2.24, 2.45) is 0 Å². The summed E-state index contributed by atoms with van der Waals surface area (Å²) in [6.45, 7) is 0. The van der Waals surface area contributed by atoms with E-state index in [0.29, 0.717) is 89.1 Å². The van der Waals surface area contributed by atoms with Gasteiger partial charge < -0.3 is 9.13 Å². The SMILES string of the molecule is N#Cc1cc(C#N)cc(-c2ccc3c4ccc(-c5cc(C#N)cc(C#N)c5)cc4n(-c4cc(C#N)cc(-n5c6cc(-c7cc(C#N)cc(C#N)c7)ccc6c6ccc(-c7cc(C#N)cc(C#N)c7)cc65)c4-c4cc(C#N)cc(C#N)c4)c3c2)c1. The van der Waals surface area contributed by atoms with Crippen molar-refractivity contribution in [3.05, 3.63) is 237 Å². The minimum Gasteiger partial charge on any atom is -0.308 e. The van der Waals surface area contributed by atoms with Crippen LogP contribution < -0.4 is 0 Å². The van der Waals surface area contributed by atoms with Gasteiger partial charge in [-0.05, 0) is 177 Å². The predicted molar refractivity (Wildman–Crippen MR) is 314 cm³/mol. The van der Waals surface area contributed by atoms with Crippen molar-refractivity contribution in [2.75, 3.05) is 0 Å². The maximum atomic E-state index is 11.4. The van der Waals surface area contributed by atoms with Crippen molar-refractivity contribution in [3.63, 3.8) is 0 Å². The highest BCUT2D eigenvalue weighted by molar-refractivity contribution is 6.14. The average Bonchev–Trinajstić information content (AvgIpc) is 1.83. The number of hydrogen-bond acceptors (Lipinski definition) is 11. The summed E-state index contributed by atoms with van der Waals surface area (Å²) in [5, 5.41) is 116. The van der Waals surface area contributed by atoms with Gasteiger partial charge in [-0.2, -0.15) is 57.9 Å². The minimum atomic E-state index is 0.164. The van der Waals surface area contributed by atoms with Gasteiger partial charge in [0.2, 0.25) is 0 Å². The molecule has 0 saturated heterocycles. The lowest BCUT2D eigenvalue weighted by molar-refractivity contribution is 1.13. The summed E-state index contributed by atoms with van der Waals surface area (Å²) in [6, 6.07) is 75.1. The van der Waals surface area contributed by atoms with Gasteiger partial charge in [-0.1, -0.05) is 48.5 Å². The molecule has 13 nitrogen and oxygen atoms in total. The summed E-state index contributed by atoms with van der Waals surface area (Å²) in [6.07, 6.45) is 0. The molecule has 378 valence electrons. The molecule has 2 aromatic heterocycles. The molecule has 0 spiro atoms. The summed E-state index contributed by atoms with van der Waals surface area (Å²) in [7, 11) is 0. The van der Waals surface area contributed by atoms with Gasteiger partial charge in [0.25, 0.3) is 0 Å². The Hall–Kier alpha value is -13.8. The van der Waals surface area contributed by atoms with Crippen LogP contribution in [-0.2, 0) is 0 Å². The first-order valence-corrected chi connectivity index (χ1v) is 25.6. The molecule has 13 heteroatoms. The molecule has 84 heavy (non-hydrogen) atoms. The lowest BCUT2D eigenvalue weighted by Crippen LogP contribution is -2.06. The van der Waals surface area contributed by atoms with Crippen LogP contribution in [0.25, 0.3) is 111 Å². The molecule has 0 fully saturated rings. The molecule has 2 heterocycles. The van der Waals surface area contributed by atoms with Crippen LogP contribution in [0.1, 0.15) is 61.2 Å². The topological polar surface area (TPSA) is 272 Å². The zero-order valence-electron chi connectivity index (χ0n) is 43.6. The number of benzene rings is 10. The predicted octanol–water partition coefficient (Wildman–Crippen LogP) is 14.8. The number of rotatable bonds is 7. The first kappa shape index (κ1) is 51.0. The number of nitrogens with zero attached hydrogens (tertiary/aromatic N) is 13. The second-order valence-electron chi connectivity index (χ2n) is 19.7. The second kappa shape index (κ2) is 20.5. The van der Waals surface area contributed by atoms with Crippen molar-refractivity contribution in [1.29, 1.82) is 57.9 Å². The summed E-state index contributed by atoms with van der Waals surface area (Å²) < 4.78 is 3.97. The van der Waals surface area contributed by atoms with E-state index in [2.05, 4.69) is 66.8 Å². The summed E-state index contributed by atoms with van der Waals surface area (Å²) >= 11 is 0. The van der Waals surface area contributed by atoms with Crippen LogP contribution >= 0.6 is 0 Å². The van der Waals surface area contributed by atoms with Crippen molar-refractivity contribution < 1.29 is 0 Å². The van der Waals surface area contributed by atoms with E-state index in [4.69, 9.17) is 0 Å². The normalized spacial score (nSPS) is 10.5. The lowest BCUT2D eigenvalue weighted by Gasteiger charge is -2.22. The Bertz CT molecular complexity index is 4760. The van der Waals surface area contributed by atoms with Crippen LogP contribution in [0.3, 0.4) is 0 Å². The molecule has 0 amide bonds. The zero-order valence-corrected chi connectivity index (χ0v) is 43.6. The van der Waals surface area contributed by atoms with E-state index in [-0.39, 0.29) is 61.2 Å². The van der Waals surface area contributed by atoms with Crippen molar-refractivity contribution in [2.45, 2.75) is 0 Å². The second-order valence-corrected chi connectivity index (χ2v) is 19.7. The smallest absolute Gasteiger partial charge is 0.0993 e. The van der Waals surface area contributed by atoms with Gasteiger partial charge in [-0.25, -0.2) is 0 Å². The molecule has 0 saturated carbocycles. The summed E-state index contributed by atoms with van der Waals surface area (Å²) in [5.41, 5.74) is 11.6. The summed E-state index contributed by atoms with van der Waals surface area (Å²) in [4.78, 5) is 0. The van der Waals surface area contributed by atoms with E-state index in [1.165, 1.54) is 30.3 Å². The minimum absolute atomic E-state index is 0.164. The van der Waals surface area contributed by atoms with E-state index in [9.17, 15) is 57.9 Å². The third kappa shape index (κ3) is 8.69. The molecule has 10 aromatic carbocycles. The van der Waals surface area contributed by atoms with Gasteiger partial charge >= 0.3 is 0 Å². The molecule has 12 rings (SSSR count). The van der Waals surface area contributed by atoms with Crippen LogP contribution in [0.15, 0.2) is 176 Å². The van der Waals surface area contributed by atoms with E-state index in [1.54, 1.807) is 72.8 Å². The molecule has 0 radical (unpaired) electrons. The molecule has 0 atom stereocenters. The van der Waals surface area contributed by atoms with Crippen LogP contribution in [0.4, 0.5) is 0 Å². The van der Waals surface area contributed by atoms with Gasteiger partial charge in [0.1, 0.15) is 0 Å². The van der Waals surface area contributed by atoms with E-state index < -0.39 is 0 Å². The van der Waals surface area contributed by atoms with Gasteiger partial charge in [0.15, 0.2) is 0 Å². The Morgan fingerprint density at radius 1 is 0.190 bits per heavy atom. The van der Waals surface area contributed by atoms with Crippen LogP contribution in [0, 0.1) is 125 Å². The molecular weight excluding hydrogens is 1030 g/mol. The van der Waals surface area contributed by atoms with Crippen LogP contribution in [0.2, 0.25) is 0 Å². The fraction of sp³-hybridized carbons (Fsp3) is 0. The van der Waals surface area contributed by atoms with E-state index in [0.717, 1.165) is 21.5 Å². The van der Waals surface area contributed by atoms with Crippen LogP contribution in [0.5, 0.6) is 0 Å². The Morgan fingerprint density at radius 2 is 0.381 bits per heavy atom. The first-order valence-electron chi connectivity index (χ1n) is 25.6. The molecule has 0 bridgehead atoms. The molecule has 0 aliphatic heterocycles. The van der Waals surface area contributed by atoms with Crippen LogP contribution in [-0.4, -0.2) is 9.13 Å². The zero-order chi connectivity index (χ0) is 58.3. The number of nitriles is 11. The average molecular weight is 1060 g/mol. The quantitative estimate of drug-likeness (QED) is 0.145. The van der Waals surface area contributed by atoms with Crippen molar-refractivity contribution in [1.82, 2.24) is 9.13 Å². The fourth-order valence-electron chi connectivity index (χ4n) is 11.2. The number of hydrogen-bond donors (Lipinski definition) is 0. The highest BCUT2D eigenvalue weighted by atomic mass is 15.0. The maximum Gasteiger partial charge on any atom is 0.0993 e. The van der Waals surface area contributed by atoms with E-state index in [1.807, 2.05) is 81.9 Å². The molecule has 12 aromatic rings. The first-order chi connectivity index (χ1) is 41.0. The van der Waals surface area contributed by atoms with Gasteiger partial charge in [0.05, 0.1) is 161 Å². The lowest BCUT2D eigenvalue weighted by atomic mass is 9.95. The summed E-state index contributed by atoms with van der Waals surface area (Å²) in [5.74, 6) is 0. The third-order valence-electron chi connectivity index (χ3n) is 14.8. The largest absolute Gasteiger partial charge is 0.308 e. The Kier molecular flexibility index (Phi) is 12.5.